The van der Waals surface area contributed by atoms with E-state index in [0.29, 0.717) is 12.3 Å². The smallest absolute Gasteiger partial charge is 0.267 e. The van der Waals surface area contributed by atoms with Crippen LogP contribution in [0.4, 0.5) is 11.4 Å². The first-order valence-electron chi connectivity index (χ1n) is 6.09. The number of hydrogen-bond donors (Lipinski definition) is 2. The average molecular weight is 285 g/mol. The zero-order valence-corrected chi connectivity index (χ0v) is 11.6. The Morgan fingerprint density at radius 2 is 2.32 bits per heavy atom. The molecule has 1 aromatic carbocycles. The number of anilines is 2. The van der Waals surface area contributed by atoms with E-state index in [9.17, 15) is 9.90 Å². The molecular weight excluding hydrogens is 268 g/mol. The van der Waals surface area contributed by atoms with E-state index >= 15 is 0 Å². The number of carbonyl (C=O) groups excluding carboxylic acids is 1. The molecule has 1 heterocycles. The summed E-state index contributed by atoms with van der Waals surface area (Å²) in [4.78, 5) is 13.3. The van der Waals surface area contributed by atoms with E-state index in [4.69, 9.17) is 16.3 Å². The normalized spacial score (nSPS) is 19.7. The van der Waals surface area contributed by atoms with Gasteiger partial charge >= 0.3 is 0 Å². The molecule has 0 saturated heterocycles. The van der Waals surface area contributed by atoms with E-state index in [0.717, 1.165) is 11.4 Å². The minimum Gasteiger partial charge on any atom is -0.479 e. The van der Waals surface area contributed by atoms with Gasteiger partial charge < -0.3 is 20.1 Å². The summed E-state index contributed by atoms with van der Waals surface area (Å²) >= 11 is 5.53. The first-order chi connectivity index (χ1) is 9.02. The standard InChI is InChI=1S/C13H17ClN2O3/c1-8-13(18)16(2)11-4-3-9(5-12(11)19-8)15-7-10(17)6-14/h3-5,8,10,15,17H,6-7H2,1-2H3. The predicted molar refractivity (Wildman–Crippen MR) is 75.2 cm³/mol. The highest BCUT2D eigenvalue weighted by atomic mass is 35.5. The quantitative estimate of drug-likeness (QED) is 0.822. The van der Waals surface area contributed by atoms with Crippen molar-refractivity contribution in [2.45, 2.75) is 19.1 Å². The van der Waals surface area contributed by atoms with E-state index in [1.54, 1.807) is 18.9 Å². The maximum atomic E-state index is 11.8. The minimum atomic E-state index is -0.596. The highest BCUT2D eigenvalue weighted by Gasteiger charge is 2.28. The van der Waals surface area contributed by atoms with Gasteiger partial charge in [0, 0.05) is 25.3 Å². The fourth-order valence-electron chi connectivity index (χ4n) is 1.92. The first-order valence-corrected chi connectivity index (χ1v) is 6.62. The van der Waals surface area contributed by atoms with Gasteiger partial charge in [-0.1, -0.05) is 0 Å². The largest absolute Gasteiger partial charge is 0.479 e. The topological polar surface area (TPSA) is 61.8 Å². The molecule has 0 saturated carbocycles. The molecule has 104 valence electrons. The Kier molecular flexibility index (Phi) is 4.17. The summed E-state index contributed by atoms with van der Waals surface area (Å²) in [6, 6.07) is 5.47. The Labute approximate surface area is 117 Å². The molecule has 1 aliphatic rings. The molecule has 5 nitrogen and oxygen atoms in total. The van der Waals surface area contributed by atoms with Gasteiger partial charge in [0.05, 0.1) is 17.7 Å². The second-order valence-electron chi connectivity index (χ2n) is 4.53. The Hall–Kier alpha value is -1.46. The van der Waals surface area contributed by atoms with Gasteiger partial charge in [0.2, 0.25) is 0 Å². The van der Waals surface area contributed by atoms with Crippen molar-refractivity contribution in [2.24, 2.45) is 0 Å². The molecule has 1 amide bonds. The number of aliphatic hydroxyl groups is 1. The number of halogens is 1. The summed E-state index contributed by atoms with van der Waals surface area (Å²) in [6.45, 7) is 2.09. The number of nitrogens with zero attached hydrogens (tertiary/aromatic N) is 1. The lowest BCUT2D eigenvalue weighted by Crippen LogP contribution is -2.41. The number of benzene rings is 1. The minimum absolute atomic E-state index is 0.0641. The maximum Gasteiger partial charge on any atom is 0.267 e. The van der Waals surface area contributed by atoms with Crippen LogP contribution in [-0.2, 0) is 4.79 Å². The second kappa shape index (κ2) is 5.67. The van der Waals surface area contributed by atoms with Gasteiger partial charge in [-0.25, -0.2) is 0 Å². The monoisotopic (exact) mass is 284 g/mol. The predicted octanol–water partition coefficient (Wildman–Crippen LogP) is 1.44. The van der Waals surface area contributed by atoms with Crippen LogP contribution in [0, 0.1) is 0 Å². The van der Waals surface area contributed by atoms with E-state index in [1.807, 2.05) is 18.2 Å². The summed E-state index contributed by atoms with van der Waals surface area (Å²) in [5, 5.41) is 12.5. The molecule has 0 spiro atoms. The lowest BCUT2D eigenvalue weighted by atomic mass is 10.2. The number of fused-ring (bicyclic) bond motifs is 1. The van der Waals surface area contributed by atoms with Gasteiger partial charge in [-0.3, -0.25) is 4.79 Å². The number of carbonyl (C=O) groups is 1. The fourth-order valence-corrected chi connectivity index (χ4v) is 2.03. The van der Waals surface area contributed by atoms with Crippen LogP contribution in [0.3, 0.4) is 0 Å². The Morgan fingerprint density at radius 3 is 3.00 bits per heavy atom. The van der Waals surface area contributed by atoms with Gasteiger partial charge in [-0.2, -0.15) is 0 Å². The summed E-state index contributed by atoms with van der Waals surface area (Å²) < 4.78 is 5.57. The number of amides is 1. The molecule has 2 N–H and O–H groups in total. The molecule has 2 unspecified atom stereocenters. The van der Waals surface area contributed by atoms with Crippen LogP contribution in [0.1, 0.15) is 6.92 Å². The molecule has 0 bridgehead atoms. The lowest BCUT2D eigenvalue weighted by Gasteiger charge is -2.30. The van der Waals surface area contributed by atoms with Crippen LogP contribution in [0.25, 0.3) is 0 Å². The molecule has 19 heavy (non-hydrogen) atoms. The molecule has 1 aromatic rings. The highest BCUT2D eigenvalue weighted by Crippen LogP contribution is 2.35. The Balaban J connectivity index is 2.15. The van der Waals surface area contributed by atoms with Crippen molar-refractivity contribution in [1.29, 1.82) is 0 Å². The molecule has 6 heteroatoms. The van der Waals surface area contributed by atoms with Crippen LogP contribution in [0.5, 0.6) is 5.75 Å². The van der Waals surface area contributed by atoms with Gasteiger partial charge in [-0.15, -0.1) is 11.6 Å². The van der Waals surface area contributed by atoms with E-state index in [2.05, 4.69) is 5.32 Å². The molecule has 0 fully saturated rings. The van der Waals surface area contributed by atoms with Crippen LogP contribution in [0.2, 0.25) is 0 Å². The third kappa shape index (κ3) is 2.93. The SMILES string of the molecule is CC1Oc2cc(NCC(O)CCl)ccc2N(C)C1=O. The van der Waals surface area contributed by atoms with Crippen LogP contribution in [-0.4, -0.2) is 42.7 Å². The van der Waals surface area contributed by atoms with Gasteiger partial charge in [0.25, 0.3) is 5.91 Å². The molecule has 0 radical (unpaired) electrons. The number of ether oxygens (including phenoxy) is 1. The molecule has 2 rings (SSSR count). The van der Waals surface area contributed by atoms with Crippen molar-refractivity contribution in [3.8, 4) is 5.75 Å². The number of hydrogen-bond acceptors (Lipinski definition) is 4. The fraction of sp³-hybridized carbons (Fsp3) is 0.462. The van der Waals surface area contributed by atoms with Crippen LogP contribution in [0.15, 0.2) is 18.2 Å². The summed E-state index contributed by atoms with van der Waals surface area (Å²) in [5.41, 5.74) is 1.56. The zero-order valence-electron chi connectivity index (χ0n) is 10.9. The second-order valence-corrected chi connectivity index (χ2v) is 4.84. The van der Waals surface area contributed by atoms with Crippen molar-refractivity contribution in [1.82, 2.24) is 0 Å². The molecule has 1 aliphatic heterocycles. The van der Waals surface area contributed by atoms with Gasteiger partial charge in [0.15, 0.2) is 6.10 Å². The first kappa shape index (κ1) is 14.0. The number of aliphatic hydroxyl groups excluding tert-OH is 1. The summed E-state index contributed by atoms with van der Waals surface area (Å²) in [6.07, 6.45) is -1.08. The van der Waals surface area contributed by atoms with E-state index in [1.165, 1.54) is 0 Å². The van der Waals surface area contributed by atoms with E-state index in [-0.39, 0.29) is 11.8 Å². The van der Waals surface area contributed by atoms with Crippen LogP contribution < -0.4 is 15.0 Å². The van der Waals surface area contributed by atoms with Crippen molar-refractivity contribution >= 4 is 28.9 Å². The Morgan fingerprint density at radius 1 is 1.58 bits per heavy atom. The van der Waals surface area contributed by atoms with Gasteiger partial charge in [-0.05, 0) is 19.1 Å². The molecule has 2 atom stereocenters. The van der Waals surface area contributed by atoms with Crippen molar-refractivity contribution in [2.75, 3.05) is 29.7 Å². The lowest BCUT2D eigenvalue weighted by molar-refractivity contribution is -0.125. The molecule has 0 aromatic heterocycles. The third-order valence-electron chi connectivity index (χ3n) is 3.02. The zero-order chi connectivity index (χ0) is 14.0. The van der Waals surface area contributed by atoms with E-state index < -0.39 is 12.2 Å². The number of nitrogens with one attached hydrogen (secondary N) is 1. The highest BCUT2D eigenvalue weighted by molar-refractivity contribution is 6.18. The number of alkyl halides is 1. The number of rotatable bonds is 4. The van der Waals surface area contributed by atoms with Crippen molar-refractivity contribution < 1.29 is 14.6 Å². The molecular formula is C13H17ClN2O3. The van der Waals surface area contributed by atoms with Gasteiger partial charge in [0.1, 0.15) is 5.75 Å². The maximum absolute atomic E-state index is 11.8. The summed E-state index contributed by atoms with van der Waals surface area (Å²) in [5.74, 6) is 0.772. The third-order valence-corrected chi connectivity index (χ3v) is 3.38. The van der Waals surface area contributed by atoms with Crippen molar-refractivity contribution in [3.05, 3.63) is 18.2 Å². The summed E-state index contributed by atoms with van der Waals surface area (Å²) in [7, 11) is 1.73. The molecule has 0 aliphatic carbocycles. The Bertz CT molecular complexity index is 481. The average Bonchev–Trinajstić information content (AvgIpc) is 2.42. The van der Waals surface area contributed by atoms with Crippen molar-refractivity contribution in [3.63, 3.8) is 0 Å². The number of likely N-dealkylation sites (N-methyl/N-ethyl adjacent to an activating group) is 1. The van der Waals surface area contributed by atoms with Crippen LogP contribution >= 0.6 is 11.6 Å².